The van der Waals surface area contributed by atoms with Gasteiger partial charge in [0, 0.05) is 29.5 Å². The van der Waals surface area contributed by atoms with E-state index < -0.39 is 0 Å². The average Bonchev–Trinajstić information content (AvgIpc) is 3.13. The van der Waals surface area contributed by atoms with Crippen LogP contribution in [-0.2, 0) is 4.79 Å². The van der Waals surface area contributed by atoms with Gasteiger partial charge in [-0.2, -0.15) is 5.26 Å². The topological polar surface area (TPSA) is 85.9 Å². The third-order valence-electron chi connectivity index (χ3n) is 5.99. The van der Waals surface area contributed by atoms with E-state index in [4.69, 9.17) is 5.73 Å². The number of benzene rings is 1. The number of carbonyl (C=O) groups excluding carboxylic acids is 1. The van der Waals surface area contributed by atoms with Crippen molar-refractivity contribution in [3.63, 3.8) is 0 Å². The molecule has 1 fully saturated rings. The Hall–Kier alpha value is -2.84. The van der Waals surface area contributed by atoms with Crippen LogP contribution in [0.15, 0.2) is 24.3 Å². The molecule has 1 aromatic heterocycles. The highest BCUT2D eigenvalue weighted by atomic mass is 16.2. The molecule has 0 saturated heterocycles. The Kier molecular flexibility index (Phi) is 4.82. The molecule has 1 aliphatic carbocycles. The molecule has 1 saturated carbocycles. The first kappa shape index (κ1) is 18.5. The maximum Gasteiger partial charge on any atom is 0.259 e. The molecule has 4 rings (SSSR count). The van der Waals surface area contributed by atoms with Crippen molar-refractivity contribution in [3.8, 4) is 6.07 Å². The number of nitrogens with two attached hydrogens (primary N) is 1. The largest absolute Gasteiger partial charge is 0.359 e. The van der Waals surface area contributed by atoms with E-state index in [2.05, 4.69) is 17.1 Å². The lowest BCUT2D eigenvalue weighted by Crippen LogP contribution is -2.36. The highest BCUT2D eigenvalue weighted by Crippen LogP contribution is 2.40. The summed E-state index contributed by atoms with van der Waals surface area (Å²) in [5.41, 5.74) is 12.2. The van der Waals surface area contributed by atoms with Gasteiger partial charge >= 0.3 is 0 Å². The molecular weight excluding hydrogens is 348 g/mol. The molecule has 5 heteroatoms. The highest BCUT2D eigenvalue weighted by Gasteiger charge is 2.34. The van der Waals surface area contributed by atoms with Gasteiger partial charge in [-0.1, -0.05) is 6.07 Å². The standard InChI is InChI=1S/C23H26N4O/c1-14-9-15(2)26-21(14)11-20-19-8-5-17(12-24)10-22(19)27(23(20)28)13-16-3-6-18(25)7-4-16/h5,8-11,16,18,26H,3-4,6-7,13,25H2,1-2H3/b20-11-. The van der Waals surface area contributed by atoms with Gasteiger partial charge < -0.3 is 15.6 Å². The number of carbonyl (C=O) groups is 1. The maximum absolute atomic E-state index is 13.4. The fraction of sp³-hybridized carbons (Fsp3) is 0.391. The van der Waals surface area contributed by atoms with Crippen molar-refractivity contribution in [2.45, 2.75) is 45.6 Å². The number of nitrogens with one attached hydrogen (secondary N) is 1. The third-order valence-corrected chi connectivity index (χ3v) is 5.99. The number of nitriles is 1. The number of hydrogen-bond acceptors (Lipinski definition) is 3. The summed E-state index contributed by atoms with van der Waals surface area (Å²) in [6.45, 7) is 4.74. The number of anilines is 1. The van der Waals surface area contributed by atoms with Crippen LogP contribution in [0.3, 0.4) is 0 Å². The van der Waals surface area contributed by atoms with Crippen LogP contribution >= 0.6 is 0 Å². The van der Waals surface area contributed by atoms with Crippen molar-refractivity contribution >= 4 is 23.2 Å². The molecule has 0 unspecified atom stereocenters. The normalized spacial score (nSPS) is 23.1. The van der Waals surface area contributed by atoms with Crippen LogP contribution in [0.1, 0.15) is 53.8 Å². The minimum absolute atomic E-state index is 0.0200. The van der Waals surface area contributed by atoms with E-state index in [1.54, 1.807) is 6.07 Å². The molecule has 1 aromatic carbocycles. The van der Waals surface area contributed by atoms with Crippen molar-refractivity contribution in [1.82, 2.24) is 4.98 Å². The molecule has 2 aliphatic rings. The van der Waals surface area contributed by atoms with Crippen LogP contribution in [-0.4, -0.2) is 23.5 Å². The number of H-pyrrole nitrogens is 1. The second kappa shape index (κ2) is 7.29. The second-order valence-electron chi connectivity index (χ2n) is 8.15. The first-order valence-corrected chi connectivity index (χ1v) is 9.96. The van der Waals surface area contributed by atoms with E-state index >= 15 is 0 Å². The Morgan fingerprint density at radius 2 is 2.00 bits per heavy atom. The summed E-state index contributed by atoms with van der Waals surface area (Å²) >= 11 is 0. The number of nitrogens with zero attached hydrogens (tertiary/aromatic N) is 2. The molecule has 1 amide bonds. The van der Waals surface area contributed by atoms with Crippen molar-refractivity contribution in [2.24, 2.45) is 11.7 Å². The number of aryl methyl sites for hydroxylation is 2. The lowest BCUT2D eigenvalue weighted by atomic mass is 9.86. The van der Waals surface area contributed by atoms with Gasteiger partial charge in [-0.15, -0.1) is 0 Å². The number of aromatic amines is 1. The smallest absolute Gasteiger partial charge is 0.259 e. The first-order valence-electron chi connectivity index (χ1n) is 9.96. The molecule has 2 heterocycles. The molecule has 0 atom stereocenters. The third kappa shape index (κ3) is 3.36. The molecular formula is C23H26N4O. The predicted octanol–water partition coefficient (Wildman–Crippen LogP) is 3.91. The summed E-state index contributed by atoms with van der Waals surface area (Å²) in [5, 5.41) is 9.32. The monoisotopic (exact) mass is 374 g/mol. The number of fused-ring (bicyclic) bond motifs is 1. The number of rotatable bonds is 3. The van der Waals surface area contributed by atoms with Crippen molar-refractivity contribution in [1.29, 1.82) is 5.26 Å². The van der Waals surface area contributed by atoms with E-state index in [-0.39, 0.29) is 11.9 Å². The lowest BCUT2D eigenvalue weighted by Gasteiger charge is -2.29. The summed E-state index contributed by atoms with van der Waals surface area (Å²) in [6.07, 6.45) is 6.08. The number of hydrogen-bond donors (Lipinski definition) is 2. The van der Waals surface area contributed by atoms with Crippen LogP contribution in [0.25, 0.3) is 11.6 Å². The van der Waals surface area contributed by atoms with Crippen LogP contribution in [0.4, 0.5) is 5.69 Å². The summed E-state index contributed by atoms with van der Waals surface area (Å²) < 4.78 is 0. The van der Waals surface area contributed by atoms with E-state index in [0.29, 0.717) is 23.6 Å². The van der Waals surface area contributed by atoms with Gasteiger partial charge in [-0.25, -0.2) is 0 Å². The van der Waals surface area contributed by atoms with Crippen LogP contribution in [0.2, 0.25) is 0 Å². The summed E-state index contributed by atoms with van der Waals surface area (Å²) in [5.74, 6) is 0.475. The minimum Gasteiger partial charge on any atom is -0.359 e. The van der Waals surface area contributed by atoms with E-state index in [9.17, 15) is 10.1 Å². The van der Waals surface area contributed by atoms with E-state index in [1.807, 2.05) is 37.0 Å². The zero-order valence-electron chi connectivity index (χ0n) is 16.5. The van der Waals surface area contributed by atoms with Gasteiger partial charge in [0.25, 0.3) is 5.91 Å². The Morgan fingerprint density at radius 3 is 2.64 bits per heavy atom. The number of amides is 1. The first-order chi connectivity index (χ1) is 13.5. The van der Waals surface area contributed by atoms with Gasteiger partial charge in [0.15, 0.2) is 0 Å². The fourth-order valence-corrected chi connectivity index (χ4v) is 4.42. The lowest BCUT2D eigenvalue weighted by molar-refractivity contribution is -0.113. The molecule has 0 radical (unpaired) electrons. The SMILES string of the molecule is Cc1cc(C)c(/C=C2\C(=O)N(CC3CCC(N)CC3)c3cc(C#N)ccc32)[nH]1. The van der Waals surface area contributed by atoms with Crippen LogP contribution in [0, 0.1) is 31.1 Å². The van der Waals surface area contributed by atoms with Gasteiger partial charge in [0.2, 0.25) is 0 Å². The van der Waals surface area contributed by atoms with Gasteiger partial charge in [-0.05, 0) is 75.3 Å². The minimum atomic E-state index is 0.0200. The average molecular weight is 374 g/mol. The molecule has 5 nitrogen and oxygen atoms in total. The van der Waals surface area contributed by atoms with Crippen LogP contribution < -0.4 is 10.6 Å². The van der Waals surface area contributed by atoms with Crippen molar-refractivity contribution < 1.29 is 4.79 Å². The van der Waals surface area contributed by atoms with Gasteiger partial charge in [-0.3, -0.25) is 4.79 Å². The highest BCUT2D eigenvalue weighted by molar-refractivity contribution is 6.35. The predicted molar refractivity (Wildman–Crippen MR) is 112 cm³/mol. The van der Waals surface area contributed by atoms with Crippen molar-refractivity contribution in [3.05, 3.63) is 52.3 Å². The molecule has 3 N–H and O–H groups in total. The molecule has 2 aromatic rings. The maximum atomic E-state index is 13.4. The molecule has 1 aliphatic heterocycles. The van der Waals surface area contributed by atoms with Gasteiger partial charge in [0.05, 0.1) is 22.9 Å². The van der Waals surface area contributed by atoms with Gasteiger partial charge in [0.1, 0.15) is 0 Å². The Labute approximate surface area is 165 Å². The zero-order chi connectivity index (χ0) is 19.8. The quantitative estimate of drug-likeness (QED) is 0.799. The van der Waals surface area contributed by atoms with Crippen molar-refractivity contribution in [2.75, 3.05) is 11.4 Å². The Bertz CT molecular complexity index is 987. The zero-order valence-corrected chi connectivity index (χ0v) is 16.5. The second-order valence-corrected chi connectivity index (χ2v) is 8.15. The Morgan fingerprint density at radius 1 is 1.25 bits per heavy atom. The molecule has 0 spiro atoms. The molecule has 28 heavy (non-hydrogen) atoms. The Balaban J connectivity index is 1.71. The summed E-state index contributed by atoms with van der Waals surface area (Å²) in [7, 11) is 0. The van der Waals surface area contributed by atoms with E-state index in [1.165, 1.54) is 0 Å². The van der Waals surface area contributed by atoms with E-state index in [0.717, 1.165) is 53.9 Å². The molecule has 0 bridgehead atoms. The molecule has 144 valence electrons. The summed E-state index contributed by atoms with van der Waals surface area (Å²) in [6, 6.07) is 10.1. The fourth-order valence-electron chi connectivity index (χ4n) is 4.42. The number of aromatic nitrogens is 1. The van der Waals surface area contributed by atoms with Crippen LogP contribution in [0.5, 0.6) is 0 Å². The summed E-state index contributed by atoms with van der Waals surface area (Å²) in [4.78, 5) is 18.6.